The highest BCUT2D eigenvalue weighted by atomic mass is 32.2. The number of imide groups is 1. The number of anilines is 1. The van der Waals surface area contributed by atoms with Gasteiger partial charge in [-0.15, -0.1) is 0 Å². The molecule has 2 amide bonds. The van der Waals surface area contributed by atoms with Crippen molar-refractivity contribution in [1.82, 2.24) is 0 Å². The van der Waals surface area contributed by atoms with E-state index in [0.717, 1.165) is 0 Å². The van der Waals surface area contributed by atoms with Gasteiger partial charge in [0.05, 0.1) is 29.2 Å². The van der Waals surface area contributed by atoms with Crippen LogP contribution in [0.1, 0.15) is 28.3 Å². The molecule has 1 saturated heterocycles. The van der Waals surface area contributed by atoms with E-state index in [4.69, 9.17) is 0 Å². The van der Waals surface area contributed by atoms with Gasteiger partial charge in [-0.3, -0.25) is 14.6 Å². The number of benzene rings is 2. The topological polar surface area (TPSA) is 83.9 Å². The van der Waals surface area contributed by atoms with Crippen LogP contribution in [0.25, 0.3) is 0 Å². The summed E-state index contributed by atoms with van der Waals surface area (Å²) in [5.41, 5.74) is 1.56. The van der Waals surface area contributed by atoms with Crippen LogP contribution in [0.15, 0.2) is 59.6 Å². The largest absolute Gasteiger partial charge is 0.292 e. The highest BCUT2D eigenvalue weighted by Gasteiger charge is 2.39. The zero-order chi connectivity index (χ0) is 19.0. The minimum atomic E-state index is -3.05. The second kappa shape index (κ2) is 6.74. The molecule has 2 aliphatic rings. The number of carbonyl (C=O) groups is 2. The average molecular weight is 382 g/mol. The van der Waals surface area contributed by atoms with E-state index < -0.39 is 15.8 Å². The number of rotatable bonds is 3. The van der Waals surface area contributed by atoms with Crippen LogP contribution in [-0.4, -0.2) is 44.0 Å². The van der Waals surface area contributed by atoms with Crippen molar-refractivity contribution in [2.75, 3.05) is 16.4 Å². The third-order valence-electron chi connectivity index (χ3n) is 4.88. The van der Waals surface area contributed by atoms with Crippen molar-refractivity contribution >= 4 is 33.6 Å². The van der Waals surface area contributed by atoms with Gasteiger partial charge in [0.1, 0.15) is 0 Å². The normalized spacial score (nSPS) is 24.4. The minimum absolute atomic E-state index is 0.00733. The lowest BCUT2D eigenvalue weighted by atomic mass is 9.89. The first-order valence-electron chi connectivity index (χ1n) is 8.72. The molecule has 0 aliphatic carbocycles. The summed E-state index contributed by atoms with van der Waals surface area (Å²) in [6.07, 6.45) is 1.97. The minimum Gasteiger partial charge on any atom is -0.292 e. The first-order valence-corrected chi connectivity index (χ1v) is 10.5. The van der Waals surface area contributed by atoms with E-state index >= 15 is 0 Å². The van der Waals surface area contributed by atoms with Crippen molar-refractivity contribution in [2.24, 2.45) is 4.99 Å². The number of nitrogens with zero attached hydrogens (tertiary/aromatic N) is 2. The van der Waals surface area contributed by atoms with Gasteiger partial charge in [0.2, 0.25) is 5.91 Å². The Balaban J connectivity index is 1.72. The van der Waals surface area contributed by atoms with E-state index in [0.29, 0.717) is 23.2 Å². The summed E-state index contributed by atoms with van der Waals surface area (Å²) < 4.78 is 23.3. The van der Waals surface area contributed by atoms with Gasteiger partial charge in [0, 0.05) is 11.8 Å². The maximum Gasteiger partial charge on any atom is 0.265 e. The van der Waals surface area contributed by atoms with E-state index in [-0.39, 0.29) is 29.4 Å². The van der Waals surface area contributed by atoms with E-state index in [2.05, 4.69) is 4.99 Å². The zero-order valence-corrected chi connectivity index (χ0v) is 15.3. The molecule has 6 nitrogen and oxygen atoms in total. The lowest BCUT2D eigenvalue weighted by Crippen LogP contribution is -2.45. The van der Waals surface area contributed by atoms with Crippen LogP contribution in [0.3, 0.4) is 0 Å². The summed E-state index contributed by atoms with van der Waals surface area (Å²) in [6.45, 7) is 0. The SMILES string of the molecule is O=C1c2ccccc2[C@H](C=N[C@@H]2CCS(=O)(=O)C2)C(=O)N1c1ccccc1. The van der Waals surface area contributed by atoms with Gasteiger partial charge < -0.3 is 0 Å². The lowest BCUT2D eigenvalue weighted by molar-refractivity contribution is -0.118. The molecule has 27 heavy (non-hydrogen) atoms. The molecular formula is C20H18N2O4S. The molecule has 0 bridgehead atoms. The van der Waals surface area contributed by atoms with Gasteiger partial charge in [0.15, 0.2) is 9.84 Å². The predicted octanol–water partition coefficient (Wildman–Crippen LogP) is 2.22. The molecule has 7 heteroatoms. The fraction of sp³-hybridized carbons (Fsp3) is 0.250. The fourth-order valence-electron chi connectivity index (χ4n) is 3.52. The second-order valence-electron chi connectivity index (χ2n) is 6.73. The molecular weight excluding hydrogens is 364 g/mol. The lowest BCUT2D eigenvalue weighted by Gasteiger charge is -2.31. The Bertz CT molecular complexity index is 1030. The molecule has 2 aromatic carbocycles. The Labute approximate surface area is 157 Å². The van der Waals surface area contributed by atoms with Crippen molar-refractivity contribution < 1.29 is 18.0 Å². The summed E-state index contributed by atoms with van der Waals surface area (Å²) in [4.78, 5) is 31.6. The number of amides is 2. The number of sulfone groups is 1. The molecule has 2 aliphatic heterocycles. The molecule has 0 saturated carbocycles. The number of carbonyl (C=O) groups excluding carboxylic acids is 2. The van der Waals surface area contributed by atoms with Crippen molar-refractivity contribution in [3.05, 3.63) is 65.7 Å². The second-order valence-corrected chi connectivity index (χ2v) is 8.96. The predicted molar refractivity (Wildman–Crippen MR) is 103 cm³/mol. The Hall–Kier alpha value is -2.80. The Kier molecular flexibility index (Phi) is 4.39. The van der Waals surface area contributed by atoms with Crippen molar-refractivity contribution in [1.29, 1.82) is 0 Å². The van der Waals surface area contributed by atoms with Crippen molar-refractivity contribution in [3.8, 4) is 0 Å². The third kappa shape index (κ3) is 3.30. The number of hydrogen-bond donors (Lipinski definition) is 0. The molecule has 2 aromatic rings. The summed E-state index contributed by atoms with van der Waals surface area (Å²) in [7, 11) is -3.05. The van der Waals surface area contributed by atoms with Gasteiger partial charge >= 0.3 is 0 Å². The smallest absolute Gasteiger partial charge is 0.265 e. The molecule has 138 valence electrons. The van der Waals surface area contributed by atoms with E-state index in [1.165, 1.54) is 11.1 Å². The van der Waals surface area contributed by atoms with E-state index in [9.17, 15) is 18.0 Å². The summed E-state index contributed by atoms with van der Waals surface area (Å²) in [5.74, 6) is -1.33. The molecule has 2 heterocycles. The van der Waals surface area contributed by atoms with Crippen LogP contribution in [0.5, 0.6) is 0 Å². The van der Waals surface area contributed by atoms with Gasteiger partial charge in [-0.1, -0.05) is 36.4 Å². The first-order chi connectivity index (χ1) is 13.0. The maximum atomic E-state index is 13.1. The van der Waals surface area contributed by atoms with Crippen LogP contribution in [0.2, 0.25) is 0 Å². The molecule has 2 atom stereocenters. The van der Waals surface area contributed by atoms with Crippen LogP contribution >= 0.6 is 0 Å². The Morgan fingerprint density at radius 1 is 1.00 bits per heavy atom. The van der Waals surface area contributed by atoms with Crippen LogP contribution in [0, 0.1) is 0 Å². The number of aliphatic imine (C=N–C) groups is 1. The monoisotopic (exact) mass is 382 g/mol. The van der Waals surface area contributed by atoms with Gasteiger partial charge in [0.25, 0.3) is 5.91 Å². The molecule has 0 unspecified atom stereocenters. The van der Waals surface area contributed by atoms with Gasteiger partial charge in [-0.2, -0.15) is 0 Å². The first kappa shape index (κ1) is 17.6. The fourth-order valence-corrected chi connectivity index (χ4v) is 5.16. The van der Waals surface area contributed by atoms with Crippen LogP contribution < -0.4 is 4.90 Å². The average Bonchev–Trinajstić information content (AvgIpc) is 3.01. The molecule has 0 spiro atoms. The molecule has 0 radical (unpaired) electrons. The molecule has 4 rings (SSSR count). The summed E-state index contributed by atoms with van der Waals surface area (Å²) in [6, 6.07) is 15.4. The van der Waals surface area contributed by atoms with Crippen LogP contribution in [-0.2, 0) is 14.6 Å². The van der Waals surface area contributed by atoms with E-state index in [1.54, 1.807) is 48.5 Å². The van der Waals surface area contributed by atoms with Crippen molar-refractivity contribution in [2.45, 2.75) is 18.4 Å². The Morgan fingerprint density at radius 3 is 2.41 bits per heavy atom. The zero-order valence-electron chi connectivity index (χ0n) is 14.5. The standard InChI is InChI=1S/C20H18N2O4S/c23-19-17-9-5-4-8-16(17)18(12-21-14-10-11-27(25,26)13-14)20(24)22(19)15-6-2-1-3-7-15/h1-9,12,14,18H,10-11,13H2/t14-,18+/m1/s1. The number of para-hydroxylation sites is 1. The summed E-state index contributed by atoms with van der Waals surface area (Å²) >= 11 is 0. The van der Waals surface area contributed by atoms with Gasteiger partial charge in [-0.25, -0.2) is 13.3 Å². The third-order valence-corrected chi connectivity index (χ3v) is 6.63. The molecule has 0 N–H and O–H groups in total. The van der Waals surface area contributed by atoms with Crippen molar-refractivity contribution in [3.63, 3.8) is 0 Å². The summed E-state index contributed by atoms with van der Waals surface area (Å²) in [5, 5.41) is 0. The van der Waals surface area contributed by atoms with Gasteiger partial charge in [-0.05, 0) is 30.2 Å². The quantitative estimate of drug-likeness (QED) is 0.602. The molecule has 0 aromatic heterocycles. The highest BCUT2D eigenvalue weighted by Crippen LogP contribution is 2.32. The number of fused-ring (bicyclic) bond motifs is 1. The number of hydrogen-bond acceptors (Lipinski definition) is 5. The van der Waals surface area contributed by atoms with E-state index in [1.807, 2.05) is 6.07 Å². The molecule has 1 fully saturated rings. The van der Waals surface area contributed by atoms with Crippen LogP contribution in [0.4, 0.5) is 5.69 Å². The maximum absolute atomic E-state index is 13.1. The highest BCUT2D eigenvalue weighted by molar-refractivity contribution is 7.91. The Morgan fingerprint density at radius 2 is 1.70 bits per heavy atom.